The lowest BCUT2D eigenvalue weighted by Crippen LogP contribution is -2.06. The average Bonchev–Trinajstić information content (AvgIpc) is 2.04. The van der Waals surface area contributed by atoms with E-state index < -0.39 is 0 Å². The zero-order chi connectivity index (χ0) is 8.97. The van der Waals surface area contributed by atoms with Gasteiger partial charge in [-0.3, -0.25) is 5.41 Å². The Hall–Kier alpha value is 0.180. The van der Waals surface area contributed by atoms with Gasteiger partial charge in [0.05, 0.1) is 0 Å². The Morgan fingerprint density at radius 3 is 2.85 bits per heavy atom. The minimum absolute atomic E-state index is 0. The fourth-order valence-electron chi connectivity index (χ4n) is 0.645. The second kappa shape index (κ2) is 6.61. The highest BCUT2D eigenvalue weighted by Crippen LogP contribution is 2.11. The largest absolute Gasteiger partial charge is 0.320 e. The van der Waals surface area contributed by atoms with E-state index in [0.717, 1.165) is 4.60 Å². The number of thioether (sulfide) groups is 1. The van der Waals surface area contributed by atoms with Gasteiger partial charge in [-0.2, -0.15) is 0 Å². The lowest BCUT2D eigenvalue weighted by atomic mass is 10.5. The van der Waals surface area contributed by atoms with Crippen LogP contribution in [-0.4, -0.2) is 16.4 Å². The molecule has 13 heavy (non-hydrogen) atoms. The van der Waals surface area contributed by atoms with Gasteiger partial charge in [0, 0.05) is 0 Å². The van der Waals surface area contributed by atoms with Gasteiger partial charge >= 0.3 is 0 Å². The predicted octanol–water partition coefficient (Wildman–Crippen LogP) is 3.17. The molecule has 0 saturated carbocycles. The van der Waals surface area contributed by atoms with Gasteiger partial charge in [-0.15, -0.1) is 24.0 Å². The molecule has 0 fully saturated rings. The Kier molecular flexibility index (Phi) is 6.70. The second-order valence-electron chi connectivity index (χ2n) is 2.00. The zero-order valence-corrected chi connectivity index (χ0v) is 11.6. The molecule has 0 radical (unpaired) electrons. The molecular formula is C7H9BrIN3S. The summed E-state index contributed by atoms with van der Waals surface area (Å²) in [5, 5.41) is 10.6. The molecule has 6 heteroatoms. The van der Waals surface area contributed by atoms with Crippen LogP contribution in [0.5, 0.6) is 0 Å². The van der Waals surface area contributed by atoms with Crippen molar-refractivity contribution >= 4 is 62.7 Å². The molecule has 0 aromatic carbocycles. The van der Waals surface area contributed by atoms with E-state index in [9.17, 15) is 0 Å². The van der Waals surface area contributed by atoms with Gasteiger partial charge in [-0.25, -0.2) is 4.98 Å². The zero-order valence-electron chi connectivity index (χ0n) is 6.87. The monoisotopic (exact) mass is 373 g/mol. The normalized spacial score (nSPS) is 8.77. The Balaban J connectivity index is 0.00000144. The topological polar surface area (TPSA) is 48.8 Å². The molecule has 3 nitrogen and oxygen atoms in total. The second-order valence-corrected chi connectivity index (χ2v) is 3.63. The Morgan fingerprint density at radius 2 is 2.31 bits per heavy atom. The average molecular weight is 374 g/mol. The van der Waals surface area contributed by atoms with Crippen molar-refractivity contribution < 1.29 is 0 Å². The molecule has 0 aliphatic carbocycles. The first kappa shape index (κ1) is 13.2. The summed E-state index contributed by atoms with van der Waals surface area (Å²) >= 11 is 4.59. The van der Waals surface area contributed by atoms with E-state index in [-0.39, 0.29) is 24.0 Å². The molecule has 0 aliphatic heterocycles. The highest BCUT2D eigenvalue weighted by molar-refractivity contribution is 14.0. The van der Waals surface area contributed by atoms with E-state index >= 15 is 0 Å². The van der Waals surface area contributed by atoms with E-state index in [1.807, 2.05) is 24.5 Å². The van der Waals surface area contributed by atoms with Crippen molar-refractivity contribution in [2.75, 3.05) is 11.6 Å². The highest BCUT2D eigenvalue weighted by Gasteiger charge is 1.96. The number of nitrogens with one attached hydrogen (secondary N) is 2. The van der Waals surface area contributed by atoms with Crippen molar-refractivity contribution in [1.29, 1.82) is 5.41 Å². The summed E-state index contributed by atoms with van der Waals surface area (Å²) in [6.07, 6.45) is 1.84. The molecule has 1 aromatic rings. The minimum Gasteiger partial charge on any atom is -0.320 e. The molecule has 1 heterocycles. The SMILES string of the molecule is CSC(=N)Nc1cccc(Br)n1.I. The molecule has 1 aromatic heterocycles. The fourth-order valence-corrected chi connectivity index (χ4v) is 1.20. The molecule has 0 amide bonds. The summed E-state index contributed by atoms with van der Waals surface area (Å²) in [6.45, 7) is 0. The van der Waals surface area contributed by atoms with Crippen LogP contribution in [0.15, 0.2) is 22.8 Å². The molecule has 0 aliphatic rings. The number of hydrogen-bond acceptors (Lipinski definition) is 3. The van der Waals surface area contributed by atoms with Crippen molar-refractivity contribution in [3.05, 3.63) is 22.8 Å². The first-order valence-corrected chi connectivity index (χ1v) is 5.26. The molecule has 1 rings (SSSR count). The lowest BCUT2D eigenvalue weighted by Gasteiger charge is -2.03. The maximum absolute atomic E-state index is 7.34. The first-order chi connectivity index (χ1) is 5.72. The van der Waals surface area contributed by atoms with Crippen molar-refractivity contribution in [1.82, 2.24) is 4.98 Å². The van der Waals surface area contributed by atoms with E-state index in [1.54, 1.807) is 0 Å². The van der Waals surface area contributed by atoms with Gasteiger partial charge in [0.2, 0.25) is 0 Å². The molecule has 0 unspecified atom stereocenters. The van der Waals surface area contributed by atoms with Crippen LogP contribution in [0.3, 0.4) is 0 Å². The standard InChI is InChI=1S/C7H8BrN3S.HI/c1-12-7(9)11-6-4-2-3-5(8)10-6;/h2-4H,1H3,(H2,9,10,11);1H. The van der Waals surface area contributed by atoms with E-state index in [2.05, 4.69) is 26.2 Å². The van der Waals surface area contributed by atoms with Crippen LogP contribution < -0.4 is 5.32 Å². The summed E-state index contributed by atoms with van der Waals surface area (Å²) in [7, 11) is 0. The Labute approximate surface area is 107 Å². The molecule has 2 N–H and O–H groups in total. The number of pyridine rings is 1. The first-order valence-electron chi connectivity index (χ1n) is 3.24. The number of nitrogens with zero attached hydrogens (tertiary/aromatic N) is 1. The maximum Gasteiger partial charge on any atom is 0.159 e. The summed E-state index contributed by atoms with van der Waals surface area (Å²) in [5.41, 5.74) is 0. The molecule has 0 bridgehead atoms. The van der Waals surface area contributed by atoms with Crippen LogP contribution in [0.4, 0.5) is 5.82 Å². The molecule has 72 valence electrons. The summed E-state index contributed by atoms with van der Waals surface area (Å²) < 4.78 is 0.765. The number of amidine groups is 1. The number of anilines is 1. The summed E-state index contributed by atoms with van der Waals surface area (Å²) in [4.78, 5) is 4.11. The summed E-state index contributed by atoms with van der Waals surface area (Å²) in [5.74, 6) is 0.684. The van der Waals surface area contributed by atoms with Crippen molar-refractivity contribution in [3.8, 4) is 0 Å². The van der Waals surface area contributed by atoms with E-state index in [4.69, 9.17) is 5.41 Å². The highest BCUT2D eigenvalue weighted by atomic mass is 127. The Morgan fingerprint density at radius 1 is 1.62 bits per heavy atom. The van der Waals surface area contributed by atoms with Crippen LogP contribution in [0.2, 0.25) is 0 Å². The number of rotatable bonds is 1. The van der Waals surface area contributed by atoms with E-state index in [1.165, 1.54) is 11.8 Å². The third kappa shape index (κ3) is 4.82. The number of hydrogen-bond donors (Lipinski definition) is 2. The summed E-state index contributed by atoms with van der Waals surface area (Å²) in [6, 6.07) is 5.52. The van der Waals surface area contributed by atoms with E-state index in [0.29, 0.717) is 11.0 Å². The molecule has 0 saturated heterocycles. The Bertz CT molecular complexity index is 295. The maximum atomic E-state index is 7.34. The van der Waals surface area contributed by atoms with Gasteiger partial charge in [-0.1, -0.05) is 17.8 Å². The van der Waals surface area contributed by atoms with Crippen molar-refractivity contribution in [2.45, 2.75) is 0 Å². The quantitative estimate of drug-likeness (QED) is 0.344. The third-order valence-corrected chi connectivity index (χ3v) is 2.11. The van der Waals surface area contributed by atoms with Crippen LogP contribution in [0, 0.1) is 5.41 Å². The minimum atomic E-state index is 0. The number of halogens is 2. The van der Waals surface area contributed by atoms with Gasteiger partial charge in [0.25, 0.3) is 0 Å². The van der Waals surface area contributed by atoms with Crippen LogP contribution in [-0.2, 0) is 0 Å². The molecule has 0 spiro atoms. The lowest BCUT2D eigenvalue weighted by molar-refractivity contribution is 1.27. The third-order valence-electron chi connectivity index (χ3n) is 1.16. The van der Waals surface area contributed by atoms with Crippen LogP contribution >= 0.6 is 51.7 Å². The van der Waals surface area contributed by atoms with Gasteiger partial charge < -0.3 is 5.32 Å². The van der Waals surface area contributed by atoms with Gasteiger partial charge in [-0.05, 0) is 34.3 Å². The molecule has 0 atom stereocenters. The van der Waals surface area contributed by atoms with Gasteiger partial charge in [0.15, 0.2) is 5.17 Å². The van der Waals surface area contributed by atoms with Crippen molar-refractivity contribution in [2.24, 2.45) is 0 Å². The predicted molar refractivity (Wildman–Crippen MR) is 72.2 cm³/mol. The smallest absolute Gasteiger partial charge is 0.159 e. The fraction of sp³-hybridized carbons (Fsp3) is 0.143. The van der Waals surface area contributed by atoms with Crippen LogP contribution in [0.1, 0.15) is 0 Å². The number of aromatic nitrogens is 1. The molecular weight excluding hydrogens is 365 g/mol. The van der Waals surface area contributed by atoms with Crippen LogP contribution in [0.25, 0.3) is 0 Å². The van der Waals surface area contributed by atoms with Crippen molar-refractivity contribution in [3.63, 3.8) is 0 Å². The van der Waals surface area contributed by atoms with Gasteiger partial charge in [0.1, 0.15) is 10.4 Å².